The minimum absolute atomic E-state index is 0.245. The fraction of sp³-hybridized carbons (Fsp3) is 0.562. The van der Waals surface area contributed by atoms with Gasteiger partial charge in [0.05, 0.1) is 21.2 Å². The summed E-state index contributed by atoms with van der Waals surface area (Å²) in [6, 6.07) is 0.245. The van der Waals surface area contributed by atoms with Gasteiger partial charge in [0.2, 0.25) is 0 Å². The molecule has 0 bridgehead atoms. The van der Waals surface area contributed by atoms with Gasteiger partial charge < -0.3 is 20.9 Å². The van der Waals surface area contributed by atoms with Crippen molar-refractivity contribution in [1.29, 1.82) is 0 Å². The maximum absolute atomic E-state index is 6.17. The van der Waals surface area contributed by atoms with E-state index in [0.717, 1.165) is 53.7 Å². The van der Waals surface area contributed by atoms with Gasteiger partial charge in [-0.3, -0.25) is 0 Å². The minimum atomic E-state index is 0.245. The standard InChI is InChI=1S/C16H24BrN5/c1-10(2)6-19-13-8-21-16-14(13)15(12(17)7-20-16)22-5-3-4-11(18)9-22/h7-8,10-11,19H,3-6,9,18H2,1-2H3,(H,20,21)/t11-/m1/s1. The zero-order chi connectivity index (χ0) is 15.7. The normalized spacial score (nSPS) is 19.1. The Morgan fingerprint density at radius 3 is 3.09 bits per heavy atom. The molecule has 5 nitrogen and oxygen atoms in total. The molecule has 0 aliphatic carbocycles. The second-order valence-electron chi connectivity index (χ2n) is 6.50. The first-order valence-electron chi connectivity index (χ1n) is 7.96. The molecule has 4 N–H and O–H groups in total. The first-order chi connectivity index (χ1) is 10.6. The van der Waals surface area contributed by atoms with Gasteiger partial charge >= 0.3 is 0 Å². The van der Waals surface area contributed by atoms with Gasteiger partial charge in [0.25, 0.3) is 0 Å². The molecule has 1 atom stereocenters. The summed E-state index contributed by atoms with van der Waals surface area (Å²) in [7, 11) is 0. The summed E-state index contributed by atoms with van der Waals surface area (Å²) in [5.74, 6) is 0.594. The Balaban J connectivity index is 2.03. The van der Waals surface area contributed by atoms with Gasteiger partial charge in [0.1, 0.15) is 5.65 Å². The third-order valence-corrected chi connectivity index (χ3v) is 4.68. The zero-order valence-corrected chi connectivity index (χ0v) is 14.8. The largest absolute Gasteiger partial charge is 0.383 e. The summed E-state index contributed by atoms with van der Waals surface area (Å²) in [5, 5.41) is 4.69. The maximum Gasteiger partial charge on any atom is 0.141 e. The number of pyridine rings is 1. The predicted octanol–water partition coefficient (Wildman–Crippen LogP) is 3.32. The molecule has 1 fully saturated rings. The van der Waals surface area contributed by atoms with E-state index in [4.69, 9.17) is 5.73 Å². The van der Waals surface area contributed by atoms with Crippen LogP contribution in [0.2, 0.25) is 0 Å². The Hall–Kier alpha value is -1.27. The number of nitrogens with one attached hydrogen (secondary N) is 2. The molecule has 3 heterocycles. The molecule has 3 rings (SSSR count). The second-order valence-corrected chi connectivity index (χ2v) is 7.36. The van der Waals surface area contributed by atoms with E-state index in [9.17, 15) is 0 Å². The lowest BCUT2D eigenvalue weighted by Crippen LogP contribution is -2.43. The summed E-state index contributed by atoms with van der Waals surface area (Å²) >= 11 is 3.69. The lowest BCUT2D eigenvalue weighted by Gasteiger charge is -2.33. The van der Waals surface area contributed by atoms with Crippen LogP contribution >= 0.6 is 15.9 Å². The average Bonchev–Trinajstić information content (AvgIpc) is 2.88. The number of H-pyrrole nitrogens is 1. The summed E-state index contributed by atoms with van der Waals surface area (Å²) in [4.78, 5) is 10.2. The van der Waals surface area contributed by atoms with E-state index >= 15 is 0 Å². The van der Waals surface area contributed by atoms with Crippen LogP contribution in [0.5, 0.6) is 0 Å². The van der Waals surface area contributed by atoms with Crippen LogP contribution in [0.3, 0.4) is 0 Å². The quantitative estimate of drug-likeness (QED) is 0.777. The summed E-state index contributed by atoms with van der Waals surface area (Å²) in [6.45, 7) is 7.30. The van der Waals surface area contributed by atoms with Crippen LogP contribution in [0.15, 0.2) is 16.9 Å². The van der Waals surface area contributed by atoms with E-state index in [2.05, 4.69) is 50.0 Å². The number of anilines is 2. The number of rotatable bonds is 4. The summed E-state index contributed by atoms with van der Waals surface area (Å²) in [6.07, 6.45) is 6.13. The molecule has 6 heteroatoms. The van der Waals surface area contributed by atoms with E-state index < -0.39 is 0 Å². The van der Waals surface area contributed by atoms with Crippen molar-refractivity contribution < 1.29 is 0 Å². The second kappa shape index (κ2) is 6.46. The van der Waals surface area contributed by atoms with Crippen LogP contribution in [0.25, 0.3) is 11.0 Å². The third kappa shape index (κ3) is 3.08. The molecule has 0 aromatic carbocycles. The molecule has 0 spiro atoms. The van der Waals surface area contributed by atoms with E-state index in [1.54, 1.807) is 0 Å². The van der Waals surface area contributed by atoms with Crippen LogP contribution in [0, 0.1) is 5.92 Å². The highest BCUT2D eigenvalue weighted by atomic mass is 79.9. The Kier molecular flexibility index (Phi) is 4.59. The summed E-state index contributed by atoms with van der Waals surface area (Å²) < 4.78 is 1.03. The first-order valence-corrected chi connectivity index (χ1v) is 8.75. The molecule has 120 valence electrons. The van der Waals surface area contributed by atoms with Gasteiger partial charge in [-0.2, -0.15) is 0 Å². The van der Waals surface area contributed by atoms with Crippen LogP contribution in [0.4, 0.5) is 11.4 Å². The van der Waals surface area contributed by atoms with Gasteiger partial charge in [-0.25, -0.2) is 4.98 Å². The molecule has 1 aliphatic rings. The number of fused-ring (bicyclic) bond motifs is 1. The first kappa shape index (κ1) is 15.6. The van der Waals surface area contributed by atoms with E-state index in [1.165, 1.54) is 5.69 Å². The molecule has 0 unspecified atom stereocenters. The van der Waals surface area contributed by atoms with E-state index in [0.29, 0.717) is 5.92 Å². The number of hydrogen-bond acceptors (Lipinski definition) is 4. The maximum atomic E-state index is 6.17. The molecule has 22 heavy (non-hydrogen) atoms. The smallest absolute Gasteiger partial charge is 0.141 e. The van der Waals surface area contributed by atoms with Gasteiger partial charge in [-0.15, -0.1) is 0 Å². The van der Waals surface area contributed by atoms with Crippen molar-refractivity contribution in [2.24, 2.45) is 11.7 Å². The Morgan fingerprint density at radius 2 is 2.36 bits per heavy atom. The number of nitrogens with two attached hydrogens (primary N) is 1. The van der Waals surface area contributed by atoms with Gasteiger partial charge in [0, 0.05) is 38.1 Å². The number of aromatic amines is 1. The number of halogens is 1. The molecule has 0 amide bonds. The van der Waals surface area contributed by atoms with E-state index in [1.807, 2.05) is 12.4 Å². The predicted molar refractivity (Wildman–Crippen MR) is 96.5 cm³/mol. The number of hydrogen-bond donors (Lipinski definition) is 3. The SMILES string of the molecule is CC(C)CNc1c[nH]c2ncc(Br)c(N3CCC[C@@H](N)C3)c12. The van der Waals surface area contributed by atoms with Crippen LogP contribution < -0.4 is 16.0 Å². The lowest BCUT2D eigenvalue weighted by atomic mass is 10.1. The molecular weight excluding hydrogens is 342 g/mol. The van der Waals surface area contributed by atoms with Crippen molar-refractivity contribution >= 4 is 38.3 Å². The highest BCUT2D eigenvalue weighted by Gasteiger charge is 2.23. The molecule has 2 aromatic heterocycles. The fourth-order valence-corrected chi connectivity index (χ4v) is 3.58. The lowest BCUT2D eigenvalue weighted by molar-refractivity contribution is 0.506. The van der Waals surface area contributed by atoms with Crippen molar-refractivity contribution in [1.82, 2.24) is 9.97 Å². The third-order valence-electron chi connectivity index (χ3n) is 4.10. The highest BCUT2D eigenvalue weighted by Crippen LogP contribution is 2.38. The van der Waals surface area contributed by atoms with Crippen molar-refractivity contribution in [3.63, 3.8) is 0 Å². The average molecular weight is 366 g/mol. The zero-order valence-electron chi connectivity index (χ0n) is 13.2. The topological polar surface area (TPSA) is 70.0 Å². The van der Waals surface area contributed by atoms with Crippen LogP contribution in [-0.2, 0) is 0 Å². The molecule has 0 radical (unpaired) electrons. The fourth-order valence-electron chi connectivity index (χ4n) is 3.03. The number of nitrogens with zero attached hydrogens (tertiary/aromatic N) is 2. The van der Waals surface area contributed by atoms with Crippen molar-refractivity contribution in [3.05, 3.63) is 16.9 Å². The van der Waals surface area contributed by atoms with Gasteiger partial charge in [-0.05, 0) is 34.7 Å². The van der Waals surface area contributed by atoms with Crippen molar-refractivity contribution in [3.8, 4) is 0 Å². The Bertz CT molecular complexity index is 651. The monoisotopic (exact) mass is 365 g/mol. The summed E-state index contributed by atoms with van der Waals surface area (Å²) in [5.41, 5.74) is 9.41. The molecule has 1 aliphatic heterocycles. The van der Waals surface area contributed by atoms with Gasteiger partial charge in [0.15, 0.2) is 0 Å². The van der Waals surface area contributed by atoms with E-state index in [-0.39, 0.29) is 6.04 Å². The molecule has 2 aromatic rings. The molecular formula is C16H24BrN5. The van der Waals surface area contributed by atoms with Crippen molar-refractivity contribution in [2.75, 3.05) is 29.9 Å². The number of piperidine rings is 1. The van der Waals surface area contributed by atoms with Crippen LogP contribution in [-0.4, -0.2) is 35.6 Å². The molecule has 0 saturated carbocycles. The van der Waals surface area contributed by atoms with Crippen LogP contribution in [0.1, 0.15) is 26.7 Å². The number of aromatic nitrogens is 2. The van der Waals surface area contributed by atoms with Crippen molar-refractivity contribution in [2.45, 2.75) is 32.7 Å². The highest BCUT2D eigenvalue weighted by molar-refractivity contribution is 9.10. The Morgan fingerprint density at radius 1 is 1.55 bits per heavy atom. The van der Waals surface area contributed by atoms with Gasteiger partial charge in [-0.1, -0.05) is 13.8 Å². The molecule has 1 saturated heterocycles. The minimum Gasteiger partial charge on any atom is -0.383 e. The Labute approximate surface area is 139 Å².